The van der Waals surface area contributed by atoms with Gasteiger partial charge in [-0.1, -0.05) is 24.3 Å². The third-order valence-corrected chi connectivity index (χ3v) is 7.76. The minimum Gasteiger partial charge on any atom is -0.326 e. The van der Waals surface area contributed by atoms with Gasteiger partial charge in [0.25, 0.3) is 10.0 Å². The number of rotatable bonds is 8. The Bertz CT molecular complexity index is 1230. The fourth-order valence-electron chi connectivity index (χ4n) is 3.67. The minimum absolute atomic E-state index is 0.0289. The molecule has 1 heterocycles. The van der Waals surface area contributed by atoms with E-state index in [4.69, 9.17) is 0 Å². The number of thioether (sulfide) groups is 1. The lowest BCUT2D eigenvalue weighted by atomic mass is 10.1. The van der Waals surface area contributed by atoms with Crippen molar-refractivity contribution >= 4 is 39.1 Å². The molecule has 1 aliphatic rings. The Morgan fingerprint density at radius 2 is 1.62 bits per heavy atom. The average Bonchev–Trinajstić information content (AvgIpc) is 2.81. The molecule has 0 spiro atoms. The minimum atomic E-state index is -3.82. The molecule has 1 fully saturated rings. The molecule has 6 nitrogen and oxygen atoms in total. The molecule has 0 bridgehead atoms. The zero-order chi connectivity index (χ0) is 24.0. The lowest BCUT2D eigenvalue weighted by Crippen LogP contribution is -2.31. The number of hydrogen-bond acceptors (Lipinski definition) is 5. The highest BCUT2D eigenvalue weighted by Gasteiger charge is 2.15. The van der Waals surface area contributed by atoms with Crippen LogP contribution in [0.5, 0.6) is 0 Å². The standard InChI is InChI=1S/C25H26FN3O3S2/c26-21-6-10-24(11-7-21)34(31,32)28-22-8-4-19(5-9-22)17-25(30)27-23-3-1-2-20(16-23)18-29-12-14-33-15-13-29/h1-11,16,28H,12-15,17-18H2,(H,27,30). The molecule has 4 rings (SSSR count). The molecule has 3 aromatic rings. The molecule has 1 saturated heterocycles. The Morgan fingerprint density at radius 3 is 2.32 bits per heavy atom. The maximum atomic E-state index is 13.1. The van der Waals surface area contributed by atoms with Crippen LogP contribution in [0, 0.1) is 5.82 Å². The van der Waals surface area contributed by atoms with E-state index >= 15 is 0 Å². The summed E-state index contributed by atoms with van der Waals surface area (Å²) in [7, 11) is -3.82. The van der Waals surface area contributed by atoms with E-state index < -0.39 is 15.8 Å². The van der Waals surface area contributed by atoms with Crippen LogP contribution in [0.25, 0.3) is 0 Å². The molecule has 1 amide bonds. The molecule has 9 heteroatoms. The van der Waals surface area contributed by atoms with Gasteiger partial charge in [-0.2, -0.15) is 11.8 Å². The van der Waals surface area contributed by atoms with E-state index in [1.54, 1.807) is 24.3 Å². The first kappa shape index (κ1) is 24.3. The van der Waals surface area contributed by atoms with Crippen LogP contribution in [0.1, 0.15) is 11.1 Å². The van der Waals surface area contributed by atoms with E-state index in [1.165, 1.54) is 17.7 Å². The third-order valence-electron chi connectivity index (χ3n) is 5.42. The molecule has 0 atom stereocenters. The van der Waals surface area contributed by atoms with Crippen molar-refractivity contribution in [3.8, 4) is 0 Å². The van der Waals surface area contributed by atoms with Crippen molar-refractivity contribution < 1.29 is 17.6 Å². The summed E-state index contributed by atoms with van der Waals surface area (Å²) in [6.45, 7) is 3.04. The number of halogens is 1. The lowest BCUT2D eigenvalue weighted by molar-refractivity contribution is -0.115. The molecule has 1 aliphatic heterocycles. The molecule has 178 valence electrons. The smallest absolute Gasteiger partial charge is 0.261 e. The van der Waals surface area contributed by atoms with Crippen LogP contribution in [-0.2, 0) is 27.8 Å². The maximum absolute atomic E-state index is 13.1. The Hall–Kier alpha value is -2.88. The topological polar surface area (TPSA) is 78.5 Å². The van der Waals surface area contributed by atoms with Crippen LogP contribution in [0.3, 0.4) is 0 Å². The molecular weight excluding hydrogens is 473 g/mol. The molecule has 0 aromatic heterocycles. The maximum Gasteiger partial charge on any atom is 0.261 e. The highest BCUT2D eigenvalue weighted by atomic mass is 32.2. The molecule has 0 unspecified atom stereocenters. The van der Waals surface area contributed by atoms with Gasteiger partial charge in [-0.25, -0.2) is 12.8 Å². The van der Waals surface area contributed by atoms with Crippen molar-refractivity contribution in [1.82, 2.24) is 4.90 Å². The van der Waals surface area contributed by atoms with Crippen molar-refractivity contribution in [2.75, 3.05) is 34.6 Å². The summed E-state index contributed by atoms with van der Waals surface area (Å²) in [4.78, 5) is 14.9. The fraction of sp³-hybridized carbons (Fsp3) is 0.240. The number of nitrogens with one attached hydrogen (secondary N) is 2. The first-order valence-corrected chi connectivity index (χ1v) is 13.6. The molecule has 2 N–H and O–H groups in total. The Labute approximate surface area is 203 Å². The van der Waals surface area contributed by atoms with E-state index in [-0.39, 0.29) is 17.2 Å². The number of carbonyl (C=O) groups excluding carboxylic acids is 1. The van der Waals surface area contributed by atoms with Gasteiger partial charge in [0.2, 0.25) is 5.91 Å². The van der Waals surface area contributed by atoms with E-state index in [0.29, 0.717) is 5.69 Å². The van der Waals surface area contributed by atoms with Crippen LogP contribution in [0.2, 0.25) is 0 Å². The predicted molar refractivity (Wildman–Crippen MR) is 135 cm³/mol. The van der Waals surface area contributed by atoms with Crippen LogP contribution >= 0.6 is 11.8 Å². The Balaban J connectivity index is 1.32. The number of nitrogens with zero attached hydrogens (tertiary/aromatic N) is 1. The van der Waals surface area contributed by atoms with Gasteiger partial charge in [0.05, 0.1) is 11.3 Å². The van der Waals surface area contributed by atoms with Crippen LogP contribution in [0.15, 0.2) is 77.7 Å². The normalized spacial score (nSPS) is 14.5. The average molecular weight is 500 g/mol. The van der Waals surface area contributed by atoms with Crippen LogP contribution < -0.4 is 10.0 Å². The second-order valence-electron chi connectivity index (χ2n) is 8.07. The number of benzene rings is 3. The van der Waals surface area contributed by atoms with Crippen LogP contribution in [-0.4, -0.2) is 43.8 Å². The van der Waals surface area contributed by atoms with Gasteiger partial charge in [-0.3, -0.25) is 14.4 Å². The van der Waals surface area contributed by atoms with Gasteiger partial charge in [0.1, 0.15) is 5.82 Å². The van der Waals surface area contributed by atoms with E-state index in [2.05, 4.69) is 21.0 Å². The SMILES string of the molecule is O=C(Cc1ccc(NS(=O)(=O)c2ccc(F)cc2)cc1)Nc1cccc(CN2CCSCC2)c1. The van der Waals surface area contributed by atoms with Crippen LogP contribution in [0.4, 0.5) is 15.8 Å². The van der Waals surface area contributed by atoms with Gasteiger partial charge < -0.3 is 5.32 Å². The number of sulfonamides is 1. The largest absolute Gasteiger partial charge is 0.326 e. The van der Waals surface area contributed by atoms with Gasteiger partial charge in [0, 0.05) is 42.5 Å². The molecule has 34 heavy (non-hydrogen) atoms. The third kappa shape index (κ3) is 6.82. The Kier molecular flexibility index (Phi) is 7.87. The molecule has 0 aliphatic carbocycles. The quantitative estimate of drug-likeness (QED) is 0.482. The molecular formula is C25H26FN3O3S2. The predicted octanol–water partition coefficient (Wildman–Crippen LogP) is 4.36. The summed E-state index contributed by atoms with van der Waals surface area (Å²) >= 11 is 1.98. The summed E-state index contributed by atoms with van der Waals surface area (Å²) in [5.41, 5.74) is 3.04. The van der Waals surface area contributed by atoms with Gasteiger partial charge in [-0.05, 0) is 59.7 Å². The highest BCUT2D eigenvalue weighted by molar-refractivity contribution is 7.99. The number of carbonyl (C=O) groups is 1. The first-order chi connectivity index (χ1) is 16.4. The van der Waals surface area contributed by atoms with E-state index in [0.717, 1.165) is 54.5 Å². The summed E-state index contributed by atoms with van der Waals surface area (Å²) in [5, 5.41) is 2.94. The van der Waals surface area contributed by atoms with Gasteiger partial charge in [-0.15, -0.1) is 0 Å². The van der Waals surface area contributed by atoms with Crippen molar-refractivity contribution in [3.05, 3.63) is 89.7 Å². The highest BCUT2D eigenvalue weighted by Crippen LogP contribution is 2.19. The lowest BCUT2D eigenvalue weighted by Gasteiger charge is -2.26. The summed E-state index contributed by atoms with van der Waals surface area (Å²) in [6, 6.07) is 19.1. The number of anilines is 2. The van der Waals surface area contributed by atoms with Crippen molar-refractivity contribution in [2.45, 2.75) is 17.9 Å². The second-order valence-corrected chi connectivity index (χ2v) is 11.0. The number of amides is 1. The monoisotopic (exact) mass is 499 g/mol. The molecule has 3 aromatic carbocycles. The zero-order valence-electron chi connectivity index (χ0n) is 18.5. The van der Waals surface area contributed by atoms with E-state index in [1.807, 2.05) is 30.0 Å². The van der Waals surface area contributed by atoms with Crippen molar-refractivity contribution in [1.29, 1.82) is 0 Å². The summed E-state index contributed by atoms with van der Waals surface area (Å²) in [6.07, 6.45) is 0.165. The van der Waals surface area contributed by atoms with E-state index in [9.17, 15) is 17.6 Å². The Morgan fingerprint density at radius 1 is 0.912 bits per heavy atom. The number of hydrogen-bond donors (Lipinski definition) is 2. The summed E-state index contributed by atoms with van der Waals surface area (Å²) < 4.78 is 40.4. The fourth-order valence-corrected chi connectivity index (χ4v) is 5.71. The first-order valence-electron chi connectivity index (χ1n) is 10.9. The zero-order valence-corrected chi connectivity index (χ0v) is 20.2. The molecule has 0 radical (unpaired) electrons. The molecule has 0 saturated carbocycles. The van der Waals surface area contributed by atoms with Gasteiger partial charge in [0.15, 0.2) is 0 Å². The summed E-state index contributed by atoms with van der Waals surface area (Å²) in [5.74, 6) is 1.66. The van der Waals surface area contributed by atoms with Gasteiger partial charge >= 0.3 is 0 Å². The van der Waals surface area contributed by atoms with Crippen molar-refractivity contribution in [3.63, 3.8) is 0 Å². The van der Waals surface area contributed by atoms with Crippen molar-refractivity contribution in [2.24, 2.45) is 0 Å². The second kappa shape index (κ2) is 11.0.